The first-order valence-corrected chi connectivity index (χ1v) is 5.36. The molecule has 0 atom stereocenters. The molecule has 2 aromatic carbocycles. The van der Waals surface area contributed by atoms with Gasteiger partial charge in [0.05, 0.1) is 5.69 Å². The van der Waals surface area contributed by atoms with Gasteiger partial charge in [-0.15, -0.1) is 0 Å². The lowest BCUT2D eigenvalue weighted by atomic mass is 10.2. The van der Waals surface area contributed by atoms with Crippen LogP contribution < -0.4 is 5.32 Å². The lowest BCUT2D eigenvalue weighted by molar-refractivity contribution is 0.102. The van der Waals surface area contributed by atoms with Gasteiger partial charge >= 0.3 is 0 Å². The van der Waals surface area contributed by atoms with Gasteiger partial charge in [0.1, 0.15) is 17.3 Å². The molecular weight excluding hydrogens is 275 g/mol. The van der Waals surface area contributed by atoms with E-state index in [1.807, 2.05) is 5.32 Å². The molecule has 0 saturated carbocycles. The summed E-state index contributed by atoms with van der Waals surface area (Å²) < 4.78 is 39.0. The van der Waals surface area contributed by atoms with Crippen LogP contribution >= 0.6 is 0 Å². The molecule has 2 rings (SSSR count). The van der Waals surface area contributed by atoms with E-state index < -0.39 is 29.0 Å². The van der Waals surface area contributed by atoms with E-state index in [-0.39, 0.29) is 17.1 Å². The molecule has 0 aliphatic carbocycles. The zero-order valence-corrected chi connectivity index (χ0v) is 9.82. The van der Waals surface area contributed by atoms with Gasteiger partial charge < -0.3 is 15.5 Å². The summed E-state index contributed by atoms with van der Waals surface area (Å²) in [4.78, 5) is 11.8. The number of aromatic hydroxyl groups is 2. The predicted molar refractivity (Wildman–Crippen MR) is 64.0 cm³/mol. The van der Waals surface area contributed by atoms with Gasteiger partial charge in [-0.2, -0.15) is 0 Å². The van der Waals surface area contributed by atoms with Crippen LogP contribution in [0, 0.1) is 17.5 Å². The van der Waals surface area contributed by atoms with Gasteiger partial charge in [0.25, 0.3) is 5.91 Å². The first-order chi connectivity index (χ1) is 9.36. The zero-order chi connectivity index (χ0) is 14.9. The molecule has 0 aliphatic rings. The van der Waals surface area contributed by atoms with Crippen LogP contribution in [0.2, 0.25) is 0 Å². The number of rotatable bonds is 2. The molecule has 4 nitrogen and oxygen atoms in total. The SMILES string of the molecule is O=C(Nc1cc(F)c(F)cc1F)c1cc(O)cc(O)c1. The van der Waals surface area contributed by atoms with Crippen molar-refractivity contribution in [2.75, 3.05) is 5.32 Å². The molecular formula is C13H8F3NO3. The van der Waals surface area contributed by atoms with Crippen molar-refractivity contribution in [1.29, 1.82) is 0 Å². The molecule has 0 saturated heterocycles. The Bertz CT molecular complexity index is 669. The number of carbonyl (C=O) groups is 1. The van der Waals surface area contributed by atoms with Crippen LogP contribution in [0.4, 0.5) is 18.9 Å². The molecule has 20 heavy (non-hydrogen) atoms. The average molecular weight is 283 g/mol. The van der Waals surface area contributed by atoms with E-state index in [9.17, 15) is 28.2 Å². The minimum absolute atomic E-state index is 0.174. The Morgan fingerprint density at radius 3 is 2.00 bits per heavy atom. The summed E-state index contributed by atoms with van der Waals surface area (Å²) in [5, 5.41) is 20.4. The molecule has 0 aliphatic heterocycles. The topological polar surface area (TPSA) is 69.6 Å². The second-order valence-corrected chi connectivity index (χ2v) is 3.94. The Hall–Kier alpha value is -2.70. The highest BCUT2D eigenvalue weighted by Crippen LogP contribution is 2.23. The maximum atomic E-state index is 13.3. The van der Waals surface area contributed by atoms with Crippen LogP contribution in [-0.4, -0.2) is 16.1 Å². The lowest BCUT2D eigenvalue weighted by Gasteiger charge is -2.08. The Balaban J connectivity index is 2.30. The van der Waals surface area contributed by atoms with E-state index in [1.165, 1.54) is 0 Å². The Labute approximate surface area is 111 Å². The standard InChI is InChI=1S/C13H8F3NO3/c14-9-4-11(16)12(5-10(9)15)17-13(20)6-1-7(18)3-8(19)2-6/h1-5,18-19H,(H,17,20). The van der Waals surface area contributed by atoms with Crippen molar-refractivity contribution in [3.63, 3.8) is 0 Å². The van der Waals surface area contributed by atoms with Gasteiger partial charge in [-0.25, -0.2) is 13.2 Å². The second kappa shape index (κ2) is 5.12. The maximum absolute atomic E-state index is 13.3. The molecule has 104 valence electrons. The number of anilines is 1. The van der Waals surface area contributed by atoms with Crippen LogP contribution in [0.1, 0.15) is 10.4 Å². The summed E-state index contributed by atoms with van der Waals surface area (Å²) >= 11 is 0. The normalized spacial score (nSPS) is 10.3. The molecule has 0 bridgehead atoms. The smallest absolute Gasteiger partial charge is 0.256 e. The molecule has 2 aromatic rings. The van der Waals surface area contributed by atoms with Crippen molar-refractivity contribution in [2.24, 2.45) is 0 Å². The predicted octanol–water partition coefficient (Wildman–Crippen LogP) is 2.77. The van der Waals surface area contributed by atoms with E-state index >= 15 is 0 Å². The van der Waals surface area contributed by atoms with Crippen LogP contribution in [0.25, 0.3) is 0 Å². The maximum Gasteiger partial charge on any atom is 0.256 e. The highest BCUT2D eigenvalue weighted by molar-refractivity contribution is 6.04. The van der Waals surface area contributed by atoms with Crippen LogP contribution in [0.15, 0.2) is 30.3 Å². The van der Waals surface area contributed by atoms with Gasteiger partial charge in [-0.05, 0) is 12.1 Å². The molecule has 0 spiro atoms. The number of phenols is 2. The third-order valence-corrected chi connectivity index (χ3v) is 2.42. The molecule has 7 heteroatoms. The van der Waals surface area contributed by atoms with Crippen molar-refractivity contribution >= 4 is 11.6 Å². The molecule has 0 fully saturated rings. The number of carbonyl (C=O) groups excluding carboxylic acids is 1. The molecule has 0 aromatic heterocycles. The monoisotopic (exact) mass is 283 g/mol. The summed E-state index contributed by atoms with van der Waals surface area (Å²) in [6.07, 6.45) is 0. The number of amides is 1. The highest BCUT2D eigenvalue weighted by atomic mass is 19.2. The third-order valence-electron chi connectivity index (χ3n) is 2.42. The number of benzene rings is 2. The molecule has 1 amide bonds. The van der Waals surface area contributed by atoms with Crippen LogP contribution in [0.5, 0.6) is 11.5 Å². The Morgan fingerprint density at radius 2 is 1.40 bits per heavy atom. The summed E-state index contributed by atoms with van der Waals surface area (Å²) in [6.45, 7) is 0. The summed E-state index contributed by atoms with van der Waals surface area (Å²) in [7, 11) is 0. The second-order valence-electron chi connectivity index (χ2n) is 3.94. The lowest BCUT2D eigenvalue weighted by Crippen LogP contribution is -2.13. The van der Waals surface area contributed by atoms with Crippen molar-refractivity contribution in [2.45, 2.75) is 0 Å². The molecule has 3 N–H and O–H groups in total. The van der Waals surface area contributed by atoms with Crippen molar-refractivity contribution in [1.82, 2.24) is 0 Å². The van der Waals surface area contributed by atoms with Gasteiger partial charge in [-0.1, -0.05) is 0 Å². The summed E-state index contributed by atoms with van der Waals surface area (Å²) in [6, 6.07) is 3.82. The van der Waals surface area contributed by atoms with Gasteiger partial charge in [0.15, 0.2) is 11.6 Å². The highest BCUT2D eigenvalue weighted by Gasteiger charge is 2.14. The molecule has 0 radical (unpaired) electrons. The van der Waals surface area contributed by atoms with E-state index in [1.54, 1.807) is 0 Å². The fraction of sp³-hybridized carbons (Fsp3) is 0. The molecule has 0 unspecified atom stereocenters. The number of hydrogen-bond donors (Lipinski definition) is 3. The van der Waals surface area contributed by atoms with E-state index in [2.05, 4.69) is 0 Å². The van der Waals surface area contributed by atoms with Crippen molar-refractivity contribution < 1.29 is 28.2 Å². The van der Waals surface area contributed by atoms with Crippen LogP contribution in [-0.2, 0) is 0 Å². The van der Waals surface area contributed by atoms with E-state index in [4.69, 9.17) is 0 Å². The minimum Gasteiger partial charge on any atom is -0.508 e. The first kappa shape index (κ1) is 13.7. The van der Waals surface area contributed by atoms with Crippen LogP contribution in [0.3, 0.4) is 0 Å². The van der Waals surface area contributed by atoms with E-state index in [0.717, 1.165) is 18.2 Å². The quantitative estimate of drug-likeness (QED) is 0.742. The van der Waals surface area contributed by atoms with Gasteiger partial charge in [0, 0.05) is 23.8 Å². The fourth-order valence-corrected chi connectivity index (χ4v) is 1.54. The largest absolute Gasteiger partial charge is 0.508 e. The van der Waals surface area contributed by atoms with E-state index in [0.29, 0.717) is 12.1 Å². The number of halogens is 3. The first-order valence-electron chi connectivity index (χ1n) is 5.36. The number of phenolic OH excluding ortho intramolecular Hbond substituents is 2. The Kier molecular flexibility index (Phi) is 3.51. The van der Waals surface area contributed by atoms with Gasteiger partial charge in [0.2, 0.25) is 0 Å². The Morgan fingerprint density at radius 1 is 0.850 bits per heavy atom. The number of nitrogens with one attached hydrogen (secondary N) is 1. The number of hydrogen-bond acceptors (Lipinski definition) is 3. The zero-order valence-electron chi connectivity index (χ0n) is 9.82. The minimum atomic E-state index is -1.38. The summed E-state index contributed by atoms with van der Waals surface area (Å²) in [5.41, 5.74) is -0.733. The molecule has 0 heterocycles. The summed E-state index contributed by atoms with van der Waals surface area (Å²) in [5.74, 6) is -5.50. The van der Waals surface area contributed by atoms with Crippen molar-refractivity contribution in [3.8, 4) is 11.5 Å². The third kappa shape index (κ3) is 2.82. The van der Waals surface area contributed by atoms with Crippen molar-refractivity contribution in [3.05, 3.63) is 53.3 Å². The average Bonchev–Trinajstić information content (AvgIpc) is 2.34. The van der Waals surface area contributed by atoms with Gasteiger partial charge in [-0.3, -0.25) is 4.79 Å². The fourth-order valence-electron chi connectivity index (χ4n) is 1.54.